The molecule has 0 bridgehead atoms. The average Bonchev–Trinajstić information content (AvgIpc) is 2.35. The van der Waals surface area contributed by atoms with Gasteiger partial charge in [0.1, 0.15) is 11.4 Å². The quantitative estimate of drug-likeness (QED) is 0.593. The molecule has 0 unspecified atom stereocenters. The molecule has 0 spiro atoms. The van der Waals surface area contributed by atoms with E-state index < -0.39 is 5.97 Å². The van der Waals surface area contributed by atoms with E-state index in [1.54, 1.807) is 0 Å². The third-order valence-corrected chi connectivity index (χ3v) is 2.27. The van der Waals surface area contributed by atoms with Crippen molar-refractivity contribution in [2.24, 2.45) is 0 Å². The van der Waals surface area contributed by atoms with E-state index in [4.69, 9.17) is 11.5 Å². The normalized spacial score (nSPS) is 9.50. The van der Waals surface area contributed by atoms with Crippen molar-refractivity contribution in [1.82, 2.24) is 4.98 Å². The van der Waals surface area contributed by atoms with Crippen molar-refractivity contribution in [3.05, 3.63) is 23.9 Å². The van der Waals surface area contributed by atoms with Gasteiger partial charge in [-0.2, -0.15) is 0 Å². The highest BCUT2D eigenvalue weighted by atomic mass is 16.4. The summed E-state index contributed by atoms with van der Waals surface area (Å²) in [6.07, 6.45) is 8.91. The summed E-state index contributed by atoms with van der Waals surface area (Å²) in [4.78, 5) is 26.3. The second-order valence-electron chi connectivity index (χ2n) is 3.66. The van der Waals surface area contributed by atoms with Crippen LogP contribution in [0.5, 0.6) is 0 Å². The number of carbonyl (C=O) groups excluding carboxylic acids is 1. The van der Waals surface area contributed by atoms with E-state index in [2.05, 4.69) is 16.2 Å². The molecule has 18 heavy (non-hydrogen) atoms. The van der Waals surface area contributed by atoms with Crippen LogP contribution >= 0.6 is 0 Å². The summed E-state index contributed by atoms with van der Waals surface area (Å²) in [6.45, 7) is 0. The first-order chi connectivity index (χ1) is 8.65. The molecule has 0 radical (unpaired) electrons. The summed E-state index contributed by atoms with van der Waals surface area (Å²) < 4.78 is 0. The molecule has 1 aromatic heterocycles. The van der Waals surface area contributed by atoms with Crippen molar-refractivity contribution in [3.63, 3.8) is 0 Å². The molecular weight excluding hydrogens is 232 g/mol. The molecule has 2 N–H and O–H groups in total. The number of terminal acetylenes is 1. The number of pyridine rings is 1. The maximum absolute atomic E-state index is 11.6. The molecular formula is C13H14N2O3. The molecule has 0 aromatic carbocycles. The third-order valence-electron chi connectivity index (χ3n) is 2.27. The molecule has 1 rings (SSSR count). The first-order valence-electron chi connectivity index (χ1n) is 5.56. The predicted molar refractivity (Wildman–Crippen MR) is 67.1 cm³/mol. The fourth-order valence-electron chi connectivity index (χ4n) is 1.38. The Labute approximate surface area is 105 Å². The largest absolute Gasteiger partial charge is 0.478 e. The van der Waals surface area contributed by atoms with Crippen molar-refractivity contribution in [2.75, 3.05) is 5.32 Å². The monoisotopic (exact) mass is 246 g/mol. The van der Waals surface area contributed by atoms with Crippen molar-refractivity contribution >= 4 is 17.7 Å². The average molecular weight is 246 g/mol. The van der Waals surface area contributed by atoms with Crippen LogP contribution in [0, 0.1) is 12.3 Å². The summed E-state index contributed by atoms with van der Waals surface area (Å²) >= 11 is 0. The SMILES string of the molecule is C#CCCCCC(=O)Nc1ncccc1C(=O)O. The molecule has 0 atom stereocenters. The Hall–Kier alpha value is -2.35. The Kier molecular flexibility index (Phi) is 5.39. The first-order valence-corrected chi connectivity index (χ1v) is 5.56. The van der Waals surface area contributed by atoms with Crippen molar-refractivity contribution < 1.29 is 14.7 Å². The van der Waals surface area contributed by atoms with Crippen molar-refractivity contribution in [3.8, 4) is 12.3 Å². The van der Waals surface area contributed by atoms with Gasteiger partial charge in [-0.25, -0.2) is 9.78 Å². The van der Waals surface area contributed by atoms with Gasteiger partial charge in [-0.15, -0.1) is 12.3 Å². The Morgan fingerprint density at radius 2 is 2.22 bits per heavy atom. The van der Waals surface area contributed by atoms with E-state index in [-0.39, 0.29) is 17.3 Å². The Morgan fingerprint density at radius 1 is 1.44 bits per heavy atom. The molecule has 0 aliphatic heterocycles. The summed E-state index contributed by atoms with van der Waals surface area (Å²) in [5, 5.41) is 11.4. The fraction of sp³-hybridized carbons (Fsp3) is 0.308. The van der Waals surface area contributed by atoms with Crippen molar-refractivity contribution in [2.45, 2.75) is 25.7 Å². The van der Waals surface area contributed by atoms with Gasteiger partial charge in [0, 0.05) is 19.0 Å². The van der Waals surface area contributed by atoms with Gasteiger partial charge < -0.3 is 10.4 Å². The van der Waals surface area contributed by atoms with E-state index in [9.17, 15) is 9.59 Å². The number of hydrogen-bond acceptors (Lipinski definition) is 3. The minimum absolute atomic E-state index is 0.0190. The molecule has 1 heterocycles. The number of carboxylic acid groups (broad SMARTS) is 1. The smallest absolute Gasteiger partial charge is 0.339 e. The molecule has 0 saturated carbocycles. The molecule has 1 amide bonds. The molecule has 0 aliphatic carbocycles. The van der Waals surface area contributed by atoms with Crippen LogP contribution in [0.15, 0.2) is 18.3 Å². The van der Waals surface area contributed by atoms with Crippen LogP contribution in [0.3, 0.4) is 0 Å². The van der Waals surface area contributed by atoms with Gasteiger partial charge in [-0.05, 0) is 25.0 Å². The number of nitrogens with zero attached hydrogens (tertiary/aromatic N) is 1. The molecule has 0 aliphatic rings. The standard InChI is InChI=1S/C13H14N2O3/c1-2-3-4-5-8-11(16)15-12-10(13(17)18)7-6-9-14-12/h1,6-7,9H,3-5,8H2,(H,17,18)(H,14,15,16). The summed E-state index contributed by atoms with van der Waals surface area (Å²) in [5.74, 6) is 1.19. The number of rotatable bonds is 6. The Balaban J connectivity index is 2.54. The molecule has 5 nitrogen and oxygen atoms in total. The first kappa shape index (κ1) is 13.7. The summed E-state index contributed by atoms with van der Waals surface area (Å²) in [6, 6.07) is 2.90. The van der Waals surface area contributed by atoms with Crippen LogP contribution in [0.4, 0.5) is 5.82 Å². The zero-order chi connectivity index (χ0) is 13.4. The second-order valence-corrected chi connectivity index (χ2v) is 3.66. The van der Waals surface area contributed by atoms with E-state index in [0.717, 1.165) is 6.42 Å². The van der Waals surface area contributed by atoms with Gasteiger partial charge in [0.25, 0.3) is 0 Å². The number of hydrogen-bond donors (Lipinski definition) is 2. The Morgan fingerprint density at radius 3 is 2.89 bits per heavy atom. The van der Waals surface area contributed by atoms with E-state index in [1.807, 2.05) is 0 Å². The number of nitrogens with one attached hydrogen (secondary N) is 1. The van der Waals surface area contributed by atoms with E-state index >= 15 is 0 Å². The number of aromatic carboxylic acids is 1. The van der Waals surface area contributed by atoms with Gasteiger partial charge in [-0.3, -0.25) is 4.79 Å². The highest BCUT2D eigenvalue weighted by molar-refractivity contribution is 5.99. The van der Waals surface area contributed by atoms with Gasteiger partial charge in [0.15, 0.2) is 0 Å². The topological polar surface area (TPSA) is 79.3 Å². The number of aromatic nitrogens is 1. The maximum atomic E-state index is 11.6. The lowest BCUT2D eigenvalue weighted by Crippen LogP contribution is -2.15. The second kappa shape index (κ2) is 7.07. The zero-order valence-electron chi connectivity index (χ0n) is 9.85. The highest BCUT2D eigenvalue weighted by Crippen LogP contribution is 2.12. The predicted octanol–water partition coefficient (Wildman–Crippen LogP) is 1.91. The summed E-state index contributed by atoms with van der Waals surface area (Å²) in [5.41, 5.74) is -0.0190. The molecule has 94 valence electrons. The molecule has 0 fully saturated rings. The number of unbranched alkanes of at least 4 members (excludes halogenated alkanes) is 2. The van der Waals surface area contributed by atoms with Gasteiger partial charge in [-0.1, -0.05) is 0 Å². The number of carboxylic acids is 1. The van der Waals surface area contributed by atoms with E-state index in [1.165, 1.54) is 18.3 Å². The number of carbonyl (C=O) groups is 2. The van der Waals surface area contributed by atoms with Crippen molar-refractivity contribution in [1.29, 1.82) is 0 Å². The van der Waals surface area contributed by atoms with Gasteiger partial charge in [0.05, 0.1) is 0 Å². The van der Waals surface area contributed by atoms with Crippen LogP contribution in [0.2, 0.25) is 0 Å². The van der Waals surface area contributed by atoms with E-state index in [0.29, 0.717) is 19.3 Å². The third kappa shape index (κ3) is 4.26. The highest BCUT2D eigenvalue weighted by Gasteiger charge is 2.12. The lowest BCUT2D eigenvalue weighted by molar-refractivity contribution is -0.116. The molecule has 5 heteroatoms. The van der Waals surface area contributed by atoms with Crippen LogP contribution < -0.4 is 5.32 Å². The zero-order valence-corrected chi connectivity index (χ0v) is 9.85. The minimum atomic E-state index is -1.12. The lowest BCUT2D eigenvalue weighted by atomic mass is 10.2. The van der Waals surface area contributed by atoms with Crippen LogP contribution in [-0.2, 0) is 4.79 Å². The number of amides is 1. The van der Waals surface area contributed by atoms with Crippen LogP contribution in [0.1, 0.15) is 36.0 Å². The minimum Gasteiger partial charge on any atom is -0.478 e. The molecule has 1 aromatic rings. The van der Waals surface area contributed by atoms with Gasteiger partial charge >= 0.3 is 5.97 Å². The molecule has 0 saturated heterocycles. The summed E-state index contributed by atoms with van der Waals surface area (Å²) in [7, 11) is 0. The van der Waals surface area contributed by atoms with Crippen LogP contribution in [-0.4, -0.2) is 22.0 Å². The maximum Gasteiger partial charge on any atom is 0.339 e. The fourth-order valence-corrected chi connectivity index (χ4v) is 1.38. The van der Waals surface area contributed by atoms with Crippen LogP contribution in [0.25, 0.3) is 0 Å². The van der Waals surface area contributed by atoms with Gasteiger partial charge in [0.2, 0.25) is 5.91 Å². The number of anilines is 1. The lowest BCUT2D eigenvalue weighted by Gasteiger charge is -2.06. The Bertz CT molecular complexity index is 477.